The molecule has 152 valence electrons. The number of rotatable bonds is 5. The average molecular weight is 436 g/mol. The summed E-state index contributed by atoms with van der Waals surface area (Å²) in [6, 6.07) is 15.7. The highest BCUT2D eigenvalue weighted by molar-refractivity contribution is 7.23. The van der Waals surface area contributed by atoms with Gasteiger partial charge in [0.25, 0.3) is 0 Å². The first-order valence-corrected chi connectivity index (χ1v) is 10.9. The van der Waals surface area contributed by atoms with Crippen LogP contribution in [0, 0.1) is 20.8 Å². The van der Waals surface area contributed by atoms with Gasteiger partial charge in [-0.15, -0.1) is 0 Å². The summed E-state index contributed by atoms with van der Waals surface area (Å²) in [5.74, 6) is -0.0119. The number of thiazole rings is 1. The molecule has 4 rings (SSSR count). The standard InChI is InChI=1S/C24H22ClN3OS/c1-15-7-8-16(2)18(12-15)13-21(29)28(14-19-6-4-5-11-26-19)24-27-22-17(3)9-10-20(25)23(22)30-24/h4-12H,13-14H2,1-3H3. The molecule has 2 heterocycles. The van der Waals surface area contributed by atoms with Crippen molar-refractivity contribution >= 4 is 44.2 Å². The van der Waals surface area contributed by atoms with Crippen molar-refractivity contribution in [3.8, 4) is 0 Å². The first kappa shape index (κ1) is 20.5. The number of anilines is 1. The van der Waals surface area contributed by atoms with E-state index in [1.165, 1.54) is 11.3 Å². The summed E-state index contributed by atoms with van der Waals surface area (Å²) in [5.41, 5.74) is 5.97. The molecule has 0 spiro atoms. The monoisotopic (exact) mass is 435 g/mol. The summed E-state index contributed by atoms with van der Waals surface area (Å²) < 4.78 is 0.900. The minimum Gasteiger partial charge on any atom is -0.282 e. The van der Waals surface area contributed by atoms with E-state index in [1.54, 1.807) is 11.1 Å². The van der Waals surface area contributed by atoms with Crippen LogP contribution >= 0.6 is 22.9 Å². The minimum atomic E-state index is -0.0119. The summed E-state index contributed by atoms with van der Waals surface area (Å²) in [4.78, 5) is 24.4. The molecule has 1 amide bonds. The van der Waals surface area contributed by atoms with Gasteiger partial charge in [0.05, 0.1) is 33.9 Å². The van der Waals surface area contributed by atoms with Gasteiger partial charge in [0.15, 0.2) is 5.13 Å². The Morgan fingerprint density at radius 3 is 2.60 bits per heavy atom. The van der Waals surface area contributed by atoms with E-state index >= 15 is 0 Å². The summed E-state index contributed by atoms with van der Waals surface area (Å²) in [6.07, 6.45) is 2.05. The van der Waals surface area contributed by atoms with Gasteiger partial charge in [0.1, 0.15) is 0 Å². The molecule has 0 saturated carbocycles. The molecule has 0 radical (unpaired) electrons. The summed E-state index contributed by atoms with van der Waals surface area (Å²) in [7, 11) is 0. The smallest absolute Gasteiger partial charge is 0.233 e. The number of halogens is 1. The number of benzene rings is 2. The van der Waals surface area contributed by atoms with Crippen LogP contribution in [-0.2, 0) is 17.8 Å². The lowest BCUT2D eigenvalue weighted by molar-refractivity contribution is -0.118. The third kappa shape index (κ3) is 4.23. The number of carbonyl (C=O) groups is 1. The highest BCUT2D eigenvalue weighted by atomic mass is 35.5. The lowest BCUT2D eigenvalue weighted by atomic mass is 10.0. The maximum atomic E-state index is 13.5. The quantitative estimate of drug-likeness (QED) is 0.383. The molecule has 0 aliphatic heterocycles. The van der Waals surface area contributed by atoms with Gasteiger partial charge >= 0.3 is 0 Å². The first-order chi connectivity index (χ1) is 14.4. The third-order valence-corrected chi connectivity index (χ3v) is 6.65. The molecule has 0 atom stereocenters. The van der Waals surface area contributed by atoms with Crippen molar-refractivity contribution in [3.05, 3.63) is 87.7 Å². The van der Waals surface area contributed by atoms with Gasteiger partial charge < -0.3 is 0 Å². The van der Waals surface area contributed by atoms with Crippen LogP contribution in [0.3, 0.4) is 0 Å². The van der Waals surface area contributed by atoms with Crippen molar-refractivity contribution in [2.24, 2.45) is 0 Å². The maximum Gasteiger partial charge on any atom is 0.233 e. The molecular formula is C24H22ClN3OS. The molecule has 0 unspecified atom stereocenters. The van der Waals surface area contributed by atoms with Gasteiger partial charge in [-0.3, -0.25) is 14.7 Å². The molecule has 0 fully saturated rings. The fourth-order valence-electron chi connectivity index (χ4n) is 3.37. The van der Waals surface area contributed by atoms with Gasteiger partial charge in [-0.05, 0) is 55.7 Å². The number of hydrogen-bond donors (Lipinski definition) is 0. The highest BCUT2D eigenvalue weighted by Crippen LogP contribution is 2.36. The van der Waals surface area contributed by atoms with Crippen LogP contribution in [0.25, 0.3) is 10.2 Å². The predicted molar refractivity (Wildman–Crippen MR) is 124 cm³/mol. The number of aryl methyl sites for hydroxylation is 3. The lowest BCUT2D eigenvalue weighted by Gasteiger charge is -2.20. The maximum absolute atomic E-state index is 13.5. The van der Waals surface area contributed by atoms with Gasteiger partial charge in [-0.1, -0.05) is 58.8 Å². The van der Waals surface area contributed by atoms with Crippen LogP contribution in [0.2, 0.25) is 5.02 Å². The molecular weight excluding hydrogens is 414 g/mol. The first-order valence-electron chi connectivity index (χ1n) is 9.74. The number of fused-ring (bicyclic) bond motifs is 1. The van der Waals surface area contributed by atoms with E-state index in [0.717, 1.165) is 38.2 Å². The lowest BCUT2D eigenvalue weighted by Crippen LogP contribution is -2.32. The Kier molecular flexibility index (Phi) is 5.84. The molecule has 0 aliphatic rings. The molecule has 4 aromatic rings. The van der Waals surface area contributed by atoms with E-state index in [9.17, 15) is 4.79 Å². The Labute approximate surface area is 185 Å². The number of nitrogens with zero attached hydrogens (tertiary/aromatic N) is 3. The Morgan fingerprint density at radius 1 is 1.07 bits per heavy atom. The molecule has 0 bridgehead atoms. The molecule has 6 heteroatoms. The second-order valence-electron chi connectivity index (χ2n) is 7.45. The fourth-order valence-corrected chi connectivity index (χ4v) is 4.70. The van der Waals surface area contributed by atoms with Crippen molar-refractivity contribution in [1.29, 1.82) is 0 Å². The second kappa shape index (κ2) is 8.54. The van der Waals surface area contributed by atoms with Crippen molar-refractivity contribution in [3.63, 3.8) is 0 Å². The summed E-state index contributed by atoms with van der Waals surface area (Å²) in [6.45, 7) is 6.44. The molecule has 2 aromatic carbocycles. The highest BCUT2D eigenvalue weighted by Gasteiger charge is 2.23. The number of pyridine rings is 1. The topological polar surface area (TPSA) is 46.1 Å². The predicted octanol–water partition coefficient (Wildman–Crippen LogP) is 6.05. The SMILES string of the molecule is Cc1ccc(C)c(CC(=O)N(Cc2ccccn2)c2nc3c(C)ccc(Cl)c3s2)c1. The summed E-state index contributed by atoms with van der Waals surface area (Å²) >= 11 is 7.86. The summed E-state index contributed by atoms with van der Waals surface area (Å²) in [5, 5.41) is 1.29. The second-order valence-corrected chi connectivity index (χ2v) is 8.83. The molecule has 0 N–H and O–H groups in total. The van der Waals surface area contributed by atoms with Crippen molar-refractivity contribution in [2.75, 3.05) is 4.90 Å². The zero-order valence-electron chi connectivity index (χ0n) is 17.1. The van der Waals surface area contributed by atoms with Crippen LogP contribution in [0.1, 0.15) is 27.9 Å². The van der Waals surface area contributed by atoms with E-state index in [4.69, 9.17) is 16.6 Å². The Morgan fingerprint density at radius 2 is 1.87 bits per heavy atom. The third-order valence-electron chi connectivity index (χ3n) is 5.11. The van der Waals surface area contributed by atoms with Gasteiger partial charge in [0, 0.05) is 6.20 Å². The van der Waals surface area contributed by atoms with E-state index in [1.807, 2.05) is 51.1 Å². The zero-order valence-corrected chi connectivity index (χ0v) is 18.7. The van der Waals surface area contributed by atoms with E-state index < -0.39 is 0 Å². The van der Waals surface area contributed by atoms with Crippen molar-refractivity contribution in [1.82, 2.24) is 9.97 Å². The Balaban J connectivity index is 1.74. The van der Waals surface area contributed by atoms with E-state index in [-0.39, 0.29) is 5.91 Å². The van der Waals surface area contributed by atoms with Gasteiger partial charge in [-0.25, -0.2) is 4.98 Å². The molecule has 2 aromatic heterocycles. The van der Waals surface area contributed by atoms with E-state index in [0.29, 0.717) is 23.1 Å². The fraction of sp³-hybridized carbons (Fsp3) is 0.208. The van der Waals surface area contributed by atoms with Gasteiger partial charge in [-0.2, -0.15) is 0 Å². The Hall–Kier alpha value is -2.76. The molecule has 0 aliphatic carbocycles. The van der Waals surface area contributed by atoms with Crippen LogP contribution in [0.15, 0.2) is 54.7 Å². The Bertz CT molecular complexity index is 1180. The van der Waals surface area contributed by atoms with Crippen molar-refractivity contribution in [2.45, 2.75) is 33.7 Å². The molecule has 4 nitrogen and oxygen atoms in total. The van der Waals surface area contributed by atoms with Crippen LogP contribution in [-0.4, -0.2) is 15.9 Å². The number of hydrogen-bond acceptors (Lipinski definition) is 4. The average Bonchev–Trinajstić information content (AvgIpc) is 3.19. The largest absolute Gasteiger partial charge is 0.282 e. The molecule has 30 heavy (non-hydrogen) atoms. The number of amides is 1. The van der Waals surface area contributed by atoms with E-state index in [2.05, 4.69) is 23.2 Å². The van der Waals surface area contributed by atoms with Crippen LogP contribution in [0.5, 0.6) is 0 Å². The van der Waals surface area contributed by atoms with Crippen LogP contribution < -0.4 is 4.90 Å². The zero-order chi connectivity index (χ0) is 21.3. The number of carbonyl (C=O) groups excluding carboxylic acids is 1. The van der Waals surface area contributed by atoms with Gasteiger partial charge in [0.2, 0.25) is 5.91 Å². The minimum absolute atomic E-state index is 0.0119. The molecule has 0 saturated heterocycles. The normalized spacial score (nSPS) is 11.1. The van der Waals surface area contributed by atoms with Crippen molar-refractivity contribution < 1.29 is 4.79 Å². The van der Waals surface area contributed by atoms with Crippen LogP contribution in [0.4, 0.5) is 5.13 Å². The number of aromatic nitrogens is 2.